The van der Waals surface area contributed by atoms with Gasteiger partial charge in [-0.25, -0.2) is 9.50 Å². The first-order valence-corrected chi connectivity index (χ1v) is 8.67. The molecular formula is C17H14F3N7O2. The van der Waals surface area contributed by atoms with Gasteiger partial charge in [0.1, 0.15) is 17.3 Å². The number of H-pyrrole nitrogens is 1. The number of anilines is 1. The zero-order valence-electron chi connectivity index (χ0n) is 15.0. The van der Waals surface area contributed by atoms with Crippen LogP contribution in [0.2, 0.25) is 0 Å². The number of methoxy groups -OCH3 is 1. The Morgan fingerprint density at radius 2 is 2.17 bits per heavy atom. The highest BCUT2D eigenvalue weighted by atomic mass is 19.4. The molecule has 0 radical (unpaired) electrons. The lowest BCUT2D eigenvalue weighted by atomic mass is 10.0. The summed E-state index contributed by atoms with van der Waals surface area (Å²) < 4.78 is 50.8. The number of imidazole rings is 1. The van der Waals surface area contributed by atoms with Gasteiger partial charge in [0.05, 0.1) is 24.8 Å². The van der Waals surface area contributed by atoms with Crippen molar-refractivity contribution in [2.24, 2.45) is 0 Å². The Balaban J connectivity index is 1.64. The first-order valence-electron chi connectivity index (χ1n) is 8.67. The molecule has 0 saturated heterocycles. The molecule has 0 fully saturated rings. The minimum atomic E-state index is -4.72. The van der Waals surface area contributed by atoms with E-state index in [4.69, 9.17) is 9.15 Å². The average molecular weight is 405 g/mol. The molecule has 0 saturated carbocycles. The highest BCUT2D eigenvalue weighted by Crippen LogP contribution is 2.38. The molecule has 1 aliphatic heterocycles. The molecule has 9 nitrogen and oxygen atoms in total. The quantitative estimate of drug-likeness (QED) is 0.560. The molecule has 1 N–H and O–H groups in total. The number of nitrogens with one attached hydrogen (secondary N) is 1. The standard InChI is InChI=1S/C17H14F3N7O2/c1-28-12-3-2-5-27-11(12)7-10(25-27)14-13-9(21-8-22-13)4-6-26(14)16-24-23-15(29-16)17(18,19)20/h2-3,5,7-8,14H,4,6H2,1H3,(H,21,22)/t14-/m1/s1. The molecule has 12 heteroatoms. The monoisotopic (exact) mass is 405 g/mol. The maximum atomic E-state index is 12.9. The van der Waals surface area contributed by atoms with Crippen LogP contribution in [0.25, 0.3) is 5.52 Å². The lowest BCUT2D eigenvalue weighted by Crippen LogP contribution is -2.37. The zero-order valence-corrected chi connectivity index (χ0v) is 15.0. The highest BCUT2D eigenvalue weighted by molar-refractivity contribution is 5.61. The van der Waals surface area contributed by atoms with Crippen molar-refractivity contribution in [2.75, 3.05) is 18.6 Å². The summed E-state index contributed by atoms with van der Waals surface area (Å²) in [5.74, 6) is -0.774. The predicted octanol–water partition coefficient (Wildman–Crippen LogP) is 2.62. The largest absolute Gasteiger partial charge is 0.494 e. The van der Waals surface area contributed by atoms with Gasteiger partial charge in [-0.15, -0.1) is 5.10 Å². The minimum Gasteiger partial charge on any atom is -0.494 e. The van der Waals surface area contributed by atoms with Crippen molar-refractivity contribution in [1.82, 2.24) is 29.8 Å². The molecule has 0 aliphatic carbocycles. The average Bonchev–Trinajstić information content (AvgIpc) is 3.44. The molecule has 0 bridgehead atoms. The van der Waals surface area contributed by atoms with E-state index in [1.54, 1.807) is 47.2 Å². The van der Waals surface area contributed by atoms with Crippen molar-refractivity contribution in [2.45, 2.75) is 18.6 Å². The van der Waals surface area contributed by atoms with Crippen molar-refractivity contribution in [3.63, 3.8) is 0 Å². The third kappa shape index (κ3) is 2.79. The molecule has 4 aromatic heterocycles. The number of pyridine rings is 1. The molecule has 5 heterocycles. The highest BCUT2D eigenvalue weighted by Gasteiger charge is 2.41. The summed E-state index contributed by atoms with van der Waals surface area (Å²) in [6, 6.07) is 4.56. The van der Waals surface area contributed by atoms with E-state index in [0.717, 1.165) is 5.69 Å². The minimum absolute atomic E-state index is 0.236. The summed E-state index contributed by atoms with van der Waals surface area (Å²) in [7, 11) is 1.55. The topological polar surface area (TPSA) is 97.4 Å². The molecule has 1 atom stereocenters. The third-order valence-corrected chi connectivity index (χ3v) is 4.81. The molecule has 29 heavy (non-hydrogen) atoms. The fraction of sp³-hybridized carbons (Fsp3) is 0.294. The van der Waals surface area contributed by atoms with E-state index in [1.807, 2.05) is 0 Å². The van der Waals surface area contributed by atoms with Crippen molar-refractivity contribution in [3.8, 4) is 5.75 Å². The van der Waals surface area contributed by atoms with Crippen LogP contribution < -0.4 is 9.64 Å². The maximum absolute atomic E-state index is 12.9. The smallest absolute Gasteiger partial charge is 0.470 e. The lowest BCUT2D eigenvalue weighted by Gasteiger charge is -2.32. The summed E-state index contributed by atoms with van der Waals surface area (Å²) in [6.45, 7) is 0.352. The van der Waals surface area contributed by atoms with Crippen LogP contribution in [-0.2, 0) is 12.6 Å². The van der Waals surface area contributed by atoms with E-state index >= 15 is 0 Å². The van der Waals surface area contributed by atoms with Gasteiger partial charge in [0, 0.05) is 24.9 Å². The Kier molecular flexibility index (Phi) is 3.76. The van der Waals surface area contributed by atoms with Crippen LogP contribution in [0.3, 0.4) is 0 Å². The molecule has 4 aromatic rings. The summed E-state index contributed by atoms with van der Waals surface area (Å²) in [5.41, 5.74) is 2.81. The Morgan fingerprint density at radius 1 is 1.31 bits per heavy atom. The number of halogens is 3. The number of rotatable bonds is 3. The molecule has 0 spiro atoms. The molecule has 0 amide bonds. The van der Waals surface area contributed by atoms with Crippen LogP contribution in [0, 0.1) is 0 Å². The number of nitrogens with zero attached hydrogens (tertiary/aromatic N) is 6. The normalized spacial score (nSPS) is 17.0. The first-order chi connectivity index (χ1) is 14.0. The lowest BCUT2D eigenvalue weighted by molar-refractivity contribution is -0.157. The van der Waals surface area contributed by atoms with Gasteiger partial charge >= 0.3 is 18.1 Å². The van der Waals surface area contributed by atoms with E-state index < -0.39 is 18.1 Å². The van der Waals surface area contributed by atoms with Gasteiger partial charge in [0.2, 0.25) is 0 Å². The molecule has 0 unspecified atom stereocenters. The van der Waals surface area contributed by atoms with Crippen LogP contribution in [0.15, 0.2) is 35.1 Å². The maximum Gasteiger partial charge on any atom is 0.470 e. The Labute approximate surface area is 161 Å². The van der Waals surface area contributed by atoms with Crippen molar-refractivity contribution < 1.29 is 22.3 Å². The Hall–Kier alpha value is -3.57. The van der Waals surface area contributed by atoms with Gasteiger partial charge in [0.15, 0.2) is 0 Å². The van der Waals surface area contributed by atoms with Gasteiger partial charge in [-0.1, -0.05) is 5.10 Å². The second-order valence-corrected chi connectivity index (χ2v) is 6.48. The molecule has 0 aromatic carbocycles. The van der Waals surface area contributed by atoms with Gasteiger partial charge in [0.25, 0.3) is 0 Å². The van der Waals surface area contributed by atoms with Gasteiger partial charge < -0.3 is 19.0 Å². The number of hydrogen-bond donors (Lipinski definition) is 1. The van der Waals surface area contributed by atoms with Crippen molar-refractivity contribution >= 4 is 11.5 Å². The summed E-state index contributed by atoms with van der Waals surface area (Å²) in [6.07, 6.45) is -0.877. The van der Waals surface area contributed by atoms with E-state index in [-0.39, 0.29) is 6.01 Å². The van der Waals surface area contributed by atoms with Crippen LogP contribution >= 0.6 is 0 Å². The number of aromatic amines is 1. The summed E-state index contributed by atoms with van der Waals surface area (Å²) in [4.78, 5) is 9.02. The second-order valence-electron chi connectivity index (χ2n) is 6.48. The predicted molar refractivity (Wildman–Crippen MR) is 92.5 cm³/mol. The fourth-order valence-electron chi connectivity index (χ4n) is 3.54. The third-order valence-electron chi connectivity index (χ3n) is 4.81. The number of alkyl halides is 3. The number of aromatic nitrogens is 6. The molecule has 150 valence electrons. The van der Waals surface area contributed by atoms with Gasteiger partial charge in [-0.3, -0.25) is 0 Å². The number of fused-ring (bicyclic) bond motifs is 2. The zero-order chi connectivity index (χ0) is 20.2. The van der Waals surface area contributed by atoms with Crippen LogP contribution in [0.5, 0.6) is 5.75 Å². The summed E-state index contributed by atoms with van der Waals surface area (Å²) in [5, 5.41) is 11.4. The first kappa shape index (κ1) is 17.5. The van der Waals surface area contributed by atoms with E-state index in [0.29, 0.717) is 35.6 Å². The fourth-order valence-corrected chi connectivity index (χ4v) is 3.54. The molecule has 1 aliphatic rings. The Bertz CT molecular complexity index is 1180. The van der Waals surface area contributed by atoms with Crippen LogP contribution in [0.4, 0.5) is 19.2 Å². The van der Waals surface area contributed by atoms with Crippen molar-refractivity contribution in [1.29, 1.82) is 0 Å². The van der Waals surface area contributed by atoms with E-state index in [1.165, 1.54) is 0 Å². The molecular weight excluding hydrogens is 391 g/mol. The number of hydrogen-bond acceptors (Lipinski definition) is 7. The van der Waals surface area contributed by atoms with E-state index in [2.05, 4.69) is 25.3 Å². The van der Waals surface area contributed by atoms with Crippen LogP contribution in [0.1, 0.15) is 29.0 Å². The van der Waals surface area contributed by atoms with Gasteiger partial charge in [-0.2, -0.15) is 18.3 Å². The Morgan fingerprint density at radius 3 is 2.93 bits per heavy atom. The number of ether oxygens (including phenoxy) is 1. The summed E-state index contributed by atoms with van der Waals surface area (Å²) >= 11 is 0. The SMILES string of the molecule is COc1cccn2nc([C@@H]3c4nc[nH]c4CCN3c3nnc(C(F)(F)F)o3)cc12. The molecule has 5 rings (SSSR count). The van der Waals surface area contributed by atoms with E-state index in [9.17, 15) is 13.2 Å². The van der Waals surface area contributed by atoms with Gasteiger partial charge in [-0.05, 0) is 18.2 Å². The van der Waals surface area contributed by atoms with Crippen molar-refractivity contribution in [3.05, 3.63) is 53.7 Å². The second kappa shape index (κ2) is 6.22. The van der Waals surface area contributed by atoms with Crippen LogP contribution in [-0.4, -0.2) is 43.4 Å².